The predicted octanol–water partition coefficient (Wildman–Crippen LogP) is 2.90. The Morgan fingerprint density at radius 1 is 1.25 bits per heavy atom. The maximum absolute atomic E-state index is 12.3. The van der Waals surface area contributed by atoms with Gasteiger partial charge in [0, 0.05) is 22.9 Å². The molecule has 2 heterocycles. The Morgan fingerprint density at radius 3 is 2.60 bits per heavy atom. The van der Waals surface area contributed by atoms with Gasteiger partial charge >= 0.3 is 0 Å². The van der Waals surface area contributed by atoms with Gasteiger partial charge in [0.15, 0.2) is 23.1 Å². The molecule has 3 rings (SSSR count). The maximum Gasteiger partial charge on any atom is 0.231 e. The van der Waals surface area contributed by atoms with Gasteiger partial charge in [-0.3, -0.25) is 4.79 Å². The molecule has 0 N–H and O–H groups in total. The summed E-state index contributed by atoms with van der Waals surface area (Å²) < 4.78 is 22.3. The molecule has 1 aromatic carbocycles. The van der Waals surface area contributed by atoms with Crippen molar-refractivity contribution in [1.82, 2.24) is 0 Å². The number of benzene rings is 1. The van der Waals surface area contributed by atoms with E-state index in [1.54, 1.807) is 12.1 Å². The Morgan fingerprint density at radius 2 is 1.90 bits per heavy atom. The summed E-state index contributed by atoms with van der Waals surface area (Å²) in [7, 11) is 0. The van der Waals surface area contributed by atoms with E-state index < -0.39 is 5.79 Å². The van der Waals surface area contributed by atoms with Crippen molar-refractivity contribution in [2.24, 2.45) is 0 Å². The quantitative estimate of drug-likeness (QED) is 0.787. The third kappa shape index (κ3) is 2.68. The van der Waals surface area contributed by atoms with Gasteiger partial charge in [-0.25, -0.2) is 0 Å². The lowest BCUT2D eigenvalue weighted by Crippen LogP contribution is -2.26. The molecule has 0 spiro atoms. The normalized spacial score (nSPS) is 19.3. The van der Waals surface area contributed by atoms with Crippen LogP contribution in [0.5, 0.6) is 11.5 Å². The van der Waals surface area contributed by atoms with Gasteiger partial charge in [-0.1, -0.05) is 0 Å². The molecule has 0 amide bonds. The van der Waals surface area contributed by atoms with E-state index in [0.29, 0.717) is 47.6 Å². The van der Waals surface area contributed by atoms with Crippen LogP contribution in [0.25, 0.3) is 0 Å². The summed E-state index contributed by atoms with van der Waals surface area (Å²) >= 11 is 3.40. The van der Waals surface area contributed by atoms with Crippen LogP contribution in [0.3, 0.4) is 0 Å². The van der Waals surface area contributed by atoms with Gasteiger partial charge in [-0.05, 0) is 35.0 Å². The average Bonchev–Trinajstić information content (AvgIpc) is 3.04. The zero-order valence-corrected chi connectivity index (χ0v) is 12.7. The van der Waals surface area contributed by atoms with Crippen molar-refractivity contribution in [1.29, 1.82) is 0 Å². The minimum atomic E-state index is -0.640. The van der Waals surface area contributed by atoms with E-state index in [1.807, 2.05) is 6.92 Å². The fraction of sp³-hybridized carbons (Fsp3) is 0.500. The van der Waals surface area contributed by atoms with Crippen LogP contribution in [0, 0.1) is 0 Å². The Kier molecular flexibility index (Phi) is 3.70. The summed E-state index contributed by atoms with van der Waals surface area (Å²) in [6, 6.07) is 3.48. The van der Waals surface area contributed by atoms with Gasteiger partial charge in [-0.2, -0.15) is 0 Å². The molecule has 108 valence electrons. The van der Waals surface area contributed by atoms with Crippen LogP contribution in [-0.2, 0) is 9.47 Å². The van der Waals surface area contributed by atoms with Gasteiger partial charge < -0.3 is 18.9 Å². The van der Waals surface area contributed by atoms with Crippen molar-refractivity contribution in [2.75, 3.05) is 20.0 Å². The highest BCUT2D eigenvalue weighted by Gasteiger charge is 2.31. The Labute approximate surface area is 125 Å². The first-order chi connectivity index (χ1) is 9.57. The zero-order chi connectivity index (χ0) is 14.2. The number of hydrogen-bond acceptors (Lipinski definition) is 5. The van der Waals surface area contributed by atoms with Crippen LogP contribution in [0.4, 0.5) is 0 Å². The monoisotopic (exact) mass is 342 g/mol. The molecule has 5 nitrogen and oxygen atoms in total. The highest BCUT2D eigenvalue weighted by atomic mass is 79.9. The molecular formula is C14H15BrO5. The Balaban J connectivity index is 1.71. The van der Waals surface area contributed by atoms with E-state index in [9.17, 15) is 4.79 Å². The summed E-state index contributed by atoms with van der Waals surface area (Å²) in [5, 5.41) is 0. The zero-order valence-electron chi connectivity index (χ0n) is 11.1. The second kappa shape index (κ2) is 5.35. The molecule has 0 aromatic heterocycles. The first-order valence-electron chi connectivity index (χ1n) is 6.48. The molecule has 0 aliphatic carbocycles. The van der Waals surface area contributed by atoms with Crippen LogP contribution >= 0.6 is 15.9 Å². The summed E-state index contributed by atoms with van der Waals surface area (Å²) in [5.41, 5.74) is 0.593. The van der Waals surface area contributed by atoms with Gasteiger partial charge in [-0.15, -0.1) is 0 Å². The van der Waals surface area contributed by atoms with E-state index in [0.717, 1.165) is 0 Å². The summed E-state index contributed by atoms with van der Waals surface area (Å²) in [6.07, 6.45) is 0.890. The lowest BCUT2D eigenvalue weighted by atomic mass is 10.0. The van der Waals surface area contributed by atoms with Crippen molar-refractivity contribution in [3.63, 3.8) is 0 Å². The molecule has 2 aliphatic rings. The molecule has 20 heavy (non-hydrogen) atoms. The molecule has 0 saturated carbocycles. The number of fused-ring (bicyclic) bond motifs is 1. The summed E-state index contributed by atoms with van der Waals surface area (Å²) in [4.78, 5) is 12.3. The first kappa shape index (κ1) is 13.9. The van der Waals surface area contributed by atoms with Gasteiger partial charge in [0.05, 0.1) is 13.2 Å². The van der Waals surface area contributed by atoms with E-state index in [-0.39, 0.29) is 12.6 Å². The number of rotatable bonds is 4. The van der Waals surface area contributed by atoms with Crippen molar-refractivity contribution >= 4 is 21.7 Å². The van der Waals surface area contributed by atoms with Crippen molar-refractivity contribution in [3.05, 3.63) is 22.2 Å². The summed E-state index contributed by atoms with van der Waals surface area (Å²) in [5.74, 6) is 0.646. The summed E-state index contributed by atoms with van der Waals surface area (Å²) in [6.45, 7) is 3.22. The van der Waals surface area contributed by atoms with Crippen LogP contribution in [0.2, 0.25) is 0 Å². The standard InChI is InChI=1S/C14H15BrO5/c1-14(19-4-5-20-14)3-2-11(16)9-6-12-13(7-10(9)15)18-8-17-12/h6-7H,2-5,8H2,1H3. The molecule has 0 radical (unpaired) electrons. The SMILES string of the molecule is CC1(CCC(=O)c2cc3c(cc2Br)OCO3)OCCO1. The van der Waals surface area contributed by atoms with Crippen LogP contribution in [0.1, 0.15) is 30.1 Å². The van der Waals surface area contributed by atoms with Crippen LogP contribution in [-0.4, -0.2) is 31.6 Å². The van der Waals surface area contributed by atoms with Crippen LogP contribution in [0.15, 0.2) is 16.6 Å². The number of ketones is 1. The van der Waals surface area contributed by atoms with Crippen molar-refractivity contribution in [2.45, 2.75) is 25.6 Å². The predicted molar refractivity (Wildman–Crippen MR) is 74.1 cm³/mol. The number of carbonyl (C=O) groups is 1. The number of hydrogen-bond donors (Lipinski definition) is 0. The van der Waals surface area contributed by atoms with E-state index >= 15 is 0 Å². The van der Waals surface area contributed by atoms with Crippen LogP contribution < -0.4 is 9.47 Å². The smallest absolute Gasteiger partial charge is 0.231 e. The second-order valence-corrected chi connectivity index (χ2v) is 5.79. The van der Waals surface area contributed by atoms with Gasteiger partial charge in [0.1, 0.15) is 0 Å². The van der Waals surface area contributed by atoms with E-state index in [1.165, 1.54) is 0 Å². The molecule has 0 bridgehead atoms. The molecule has 2 aliphatic heterocycles. The lowest BCUT2D eigenvalue weighted by molar-refractivity contribution is -0.145. The van der Waals surface area contributed by atoms with E-state index in [4.69, 9.17) is 18.9 Å². The fourth-order valence-corrected chi connectivity index (χ4v) is 2.85. The third-order valence-electron chi connectivity index (χ3n) is 3.47. The molecule has 1 saturated heterocycles. The number of ether oxygens (including phenoxy) is 4. The molecule has 0 unspecified atom stereocenters. The largest absolute Gasteiger partial charge is 0.454 e. The average molecular weight is 343 g/mol. The molecule has 0 atom stereocenters. The fourth-order valence-electron chi connectivity index (χ4n) is 2.31. The molecule has 6 heteroatoms. The number of halogens is 1. The third-order valence-corrected chi connectivity index (χ3v) is 4.12. The Bertz CT molecular complexity index is 537. The lowest BCUT2D eigenvalue weighted by Gasteiger charge is -2.21. The highest BCUT2D eigenvalue weighted by molar-refractivity contribution is 9.10. The number of carbonyl (C=O) groups excluding carboxylic acids is 1. The minimum Gasteiger partial charge on any atom is -0.454 e. The van der Waals surface area contributed by atoms with Gasteiger partial charge in [0.25, 0.3) is 0 Å². The Hall–Kier alpha value is -1.11. The molecule has 1 fully saturated rings. The van der Waals surface area contributed by atoms with Gasteiger partial charge in [0.2, 0.25) is 6.79 Å². The van der Waals surface area contributed by atoms with E-state index in [2.05, 4.69) is 15.9 Å². The topological polar surface area (TPSA) is 54.0 Å². The van der Waals surface area contributed by atoms with Crippen molar-refractivity contribution < 1.29 is 23.7 Å². The first-order valence-corrected chi connectivity index (χ1v) is 7.27. The molecule has 1 aromatic rings. The highest BCUT2D eigenvalue weighted by Crippen LogP contribution is 2.37. The minimum absolute atomic E-state index is 0.0236. The number of Topliss-reactive ketones (excluding diaryl/α,β-unsaturated/α-hetero) is 1. The second-order valence-electron chi connectivity index (χ2n) is 4.94. The maximum atomic E-state index is 12.3. The van der Waals surface area contributed by atoms with Crippen molar-refractivity contribution in [3.8, 4) is 11.5 Å². The molecular weight excluding hydrogens is 328 g/mol.